The van der Waals surface area contributed by atoms with Crippen LogP contribution in [-0.2, 0) is 16.8 Å². The van der Waals surface area contributed by atoms with Crippen LogP contribution in [0, 0.1) is 0 Å². The van der Waals surface area contributed by atoms with Crippen molar-refractivity contribution in [2.75, 3.05) is 13.2 Å². The van der Waals surface area contributed by atoms with Crippen molar-refractivity contribution in [3.05, 3.63) is 41.5 Å². The second-order valence-electron chi connectivity index (χ2n) is 8.68. The van der Waals surface area contributed by atoms with Gasteiger partial charge in [0.15, 0.2) is 0 Å². The SMILES string of the molecule is CC(C)(C)[NH][Ti+2]([CH3])([CH3])[CH]1C=Cc2ccccc21.CCCC[O-].CCCC[O-].[SiH4]. The number of allylic oxidation sites excluding steroid dienone is 1. The van der Waals surface area contributed by atoms with Gasteiger partial charge in [-0.2, -0.15) is 0 Å². The minimum absolute atomic E-state index is 0. The fourth-order valence-electron chi connectivity index (χ4n) is 3.21. The maximum atomic E-state index is 9.53. The number of fused-ring (bicyclic) bond motifs is 1. The van der Waals surface area contributed by atoms with E-state index in [9.17, 15) is 10.2 Å². The minimum atomic E-state index is -2.04. The van der Waals surface area contributed by atoms with Crippen molar-refractivity contribution >= 4 is 17.0 Å². The molecular weight excluding hydrogens is 398 g/mol. The van der Waals surface area contributed by atoms with Gasteiger partial charge in [0.05, 0.1) is 0 Å². The largest absolute Gasteiger partial charge is 0.854 e. The van der Waals surface area contributed by atoms with Crippen LogP contribution >= 0.6 is 0 Å². The topological polar surface area (TPSA) is 58.1 Å². The van der Waals surface area contributed by atoms with Crippen LogP contribution in [0.15, 0.2) is 30.3 Å². The molecule has 0 aromatic heterocycles. The second-order valence-corrected chi connectivity index (χ2v) is 15.4. The monoisotopic (exact) mass is 443 g/mol. The number of hydrogen-bond donors (Lipinski definition) is 1. The van der Waals surface area contributed by atoms with Crippen LogP contribution in [0.4, 0.5) is 0 Å². The zero-order valence-electron chi connectivity index (χ0n) is 18.6. The van der Waals surface area contributed by atoms with Crippen LogP contribution in [0.25, 0.3) is 6.08 Å². The Kier molecular flexibility index (Phi) is 16.7. The minimum Gasteiger partial charge on any atom is -0.854 e. The van der Waals surface area contributed by atoms with Crippen LogP contribution < -0.4 is 14.0 Å². The molecule has 3 nitrogen and oxygen atoms in total. The number of nitrogens with one attached hydrogen (secondary N) is 1. The van der Waals surface area contributed by atoms with Gasteiger partial charge >= 0.3 is 109 Å². The van der Waals surface area contributed by atoms with Gasteiger partial charge in [-0.05, 0) is 11.0 Å². The van der Waals surface area contributed by atoms with Crippen molar-refractivity contribution in [1.82, 2.24) is 3.80 Å². The summed E-state index contributed by atoms with van der Waals surface area (Å²) in [5.41, 5.74) is 3.15. The Morgan fingerprint density at radius 1 is 0.964 bits per heavy atom. The first-order valence-corrected chi connectivity index (χ1v) is 15.2. The standard InChI is InChI=1S/C9H7.C4H10N.2C4H9O.2CH3.H4Si.Ti/c1-2-5-9-7-3-6-8(9)4-1;1-4(2,3)5;2*1-2-3-4-5;;;;/h1-7H;5H,1-3H3;2*2-4H2,1H3;2*1H3;1H4;/q;3*-1;;;;+3. The van der Waals surface area contributed by atoms with Gasteiger partial charge in [0.2, 0.25) is 0 Å². The van der Waals surface area contributed by atoms with Gasteiger partial charge in [-0.15, -0.1) is 13.2 Å². The zero-order valence-corrected chi connectivity index (χ0v) is 20.2. The van der Waals surface area contributed by atoms with Crippen molar-refractivity contribution < 1.29 is 27.1 Å². The first-order chi connectivity index (χ1) is 12.6. The first kappa shape index (κ1) is 30.0. The average Bonchev–Trinajstić information content (AvgIpc) is 3.00. The summed E-state index contributed by atoms with van der Waals surface area (Å²) in [5, 5.41) is 24.0. The van der Waals surface area contributed by atoms with Crippen LogP contribution in [0.5, 0.6) is 0 Å². The molecule has 0 aliphatic heterocycles. The summed E-state index contributed by atoms with van der Waals surface area (Å²) in [6.07, 6.45) is 8.42. The fraction of sp³-hybridized carbons (Fsp3) is 0.652. The van der Waals surface area contributed by atoms with E-state index >= 15 is 0 Å². The molecule has 0 fully saturated rings. The Morgan fingerprint density at radius 3 is 1.86 bits per heavy atom. The van der Waals surface area contributed by atoms with Crippen molar-refractivity contribution in [3.8, 4) is 0 Å². The number of unbranched alkanes of at least 4 members (excludes halogenated alkanes) is 2. The predicted octanol–water partition coefficient (Wildman–Crippen LogP) is 3.15. The quantitative estimate of drug-likeness (QED) is 0.688. The zero-order chi connectivity index (χ0) is 20.9. The van der Waals surface area contributed by atoms with E-state index in [2.05, 4.69) is 71.4 Å². The smallest absolute Gasteiger partial charge is 0.0149 e. The summed E-state index contributed by atoms with van der Waals surface area (Å²) in [7, 11) is 0. The van der Waals surface area contributed by atoms with Crippen LogP contribution in [0.1, 0.15) is 75.7 Å². The maximum absolute atomic E-state index is 9.53. The van der Waals surface area contributed by atoms with Gasteiger partial charge < -0.3 is 10.2 Å². The Bertz CT molecular complexity index is 532. The molecule has 1 aromatic carbocycles. The Morgan fingerprint density at radius 2 is 1.46 bits per heavy atom. The normalized spacial score (nSPS) is 14.2. The third-order valence-corrected chi connectivity index (χ3v) is 9.66. The molecule has 0 bridgehead atoms. The number of benzene rings is 1. The van der Waals surface area contributed by atoms with Gasteiger partial charge in [-0.25, -0.2) is 0 Å². The molecule has 28 heavy (non-hydrogen) atoms. The number of rotatable bonds is 6. The molecule has 1 aromatic rings. The van der Waals surface area contributed by atoms with E-state index in [0.717, 1.165) is 25.7 Å². The molecule has 1 aliphatic rings. The van der Waals surface area contributed by atoms with Gasteiger partial charge in [-0.3, -0.25) is 0 Å². The number of hydrogen-bond acceptors (Lipinski definition) is 3. The third kappa shape index (κ3) is 12.4. The fourth-order valence-corrected chi connectivity index (χ4v) is 9.00. The van der Waals surface area contributed by atoms with Crippen LogP contribution in [-0.4, -0.2) is 29.7 Å². The van der Waals surface area contributed by atoms with E-state index in [4.69, 9.17) is 0 Å². The first-order valence-electron chi connectivity index (χ1n) is 10.4. The van der Waals surface area contributed by atoms with E-state index in [1.165, 1.54) is 11.1 Å². The van der Waals surface area contributed by atoms with Crippen molar-refractivity contribution in [2.45, 2.75) is 80.5 Å². The van der Waals surface area contributed by atoms with E-state index in [1.54, 1.807) is 0 Å². The molecular formula is C23H45NO2SiTi. The second kappa shape index (κ2) is 15.6. The molecule has 0 saturated carbocycles. The molecule has 0 spiro atoms. The summed E-state index contributed by atoms with van der Waals surface area (Å²) in [6, 6.07) is 8.80. The summed E-state index contributed by atoms with van der Waals surface area (Å²) >= 11 is -2.04. The molecule has 0 radical (unpaired) electrons. The van der Waals surface area contributed by atoms with Crippen LogP contribution in [0.3, 0.4) is 0 Å². The summed E-state index contributed by atoms with van der Waals surface area (Å²) in [5.74, 6) is 0. The average molecular weight is 444 g/mol. The Labute approximate surface area is 182 Å². The van der Waals surface area contributed by atoms with Crippen molar-refractivity contribution in [1.29, 1.82) is 0 Å². The van der Waals surface area contributed by atoms with Crippen molar-refractivity contribution in [2.24, 2.45) is 0 Å². The molecule has 162 valence electrons. The summed E-state index contributed by atoms with van der Waals surface area (Å²) in [6.45, 7) is 11.0. The molecule has 0 saturated heterocycles. The molecule has 2 rings (SSSR count). The van der Waals surface area contributed by atoms with E-state index < -0.39 is 16.8 Å². The Hall–Kier alpha value is -0.229. The molecule has 1 aliphatic carbocycles. The van der Waals surface area contributed by atoms with Gasteiger partial charge in [-0.1, -0.05) is 39.5 Å². The molecule has 0 amide bonds. The van der Waals surface area contributed by atoms with Gasteiger partial charge in [0.1, 0.15) is 0 Å². The van der Waals surface area contributed by atoms with Gasteiger partial charge in [0, 0.05) is 0 Å². The van der Waals surface area contributed by atoms with Crippen LogP contribution in [0.2, 0.25) is 10.5 Å². The molecule has 1 N–H and O–H groups in total. The molecule has 0 heterocycles. The van der Waals surface area contributed by atoms with E-state index in [-0.39, 0.29) is 29.7 Å². The molecule has 1 unspecified atom stereocenters. The summed E-state index contributed by atoms with van der Waals surface area (Å²) in [4.78, 5) is 0. The maximum Gasteiger partial charge on any atom is -0.0149 e. The van der Waals surface area contributed by atoms with Crippen molar-refractivity contribution in [3.63, 3.8) is 0 Å². The van der Waals surface area contributed by atoms with E-state index in [0.29, 0.717) is 4.22 Å². The predicted molar refractivity (Wildman–Crippen MR) is 124 cm³/mol. The molecule has 1 atom stereocenters. The molecule has 5 heteroatoms. The van der Waals surface area contributed by atoms with E-state index in [1.807, 2.05) is 13.8 Å². The third-order valence-electron chi connectivity index (χ3n) is 4.27. The summed E-state index contributed by atoms with van der Waals surface area (Å²) < 4.78 is 4.56. The van der Waals surface area contributed by atoms with Gasteiger partial charge in [0.25, 0.3) is 0 Å². The Balaban J connectivity index is 0.